The number of likely N-dealkylation sites (N-methyl/N-ethyl adjacent to an activating group) is 2. The van der Waals surface area contributed by atoms with Crippen molar-refractivity contribution in [2.24, 2.45) is 0 Å². The lowest BCUT2D eigenvalue weighted by atomic mass is 10.1. The first kappa shape index (κ1) is 14.5. The van der Waals surface area contributed by atoms with Gasteiger partial charge in [0.15, 0.2) is 0 Å². The van der Waals surface area contributed by atoms with E-state index in [2.05, 4.69) is 29.2 Å². The summed E-state index contributed by atoms with van der Waals surface area (Å²) in [6.07, 6.45) is 0. The molecule has 3 N–H and O–H groups in total. The zero-order valence-corrected chi connectivity index (χ0v) is 11.9. The maximum Gasteiger partial charge on any atom is 0.273 e. The van der Waals surface area contributed by atoms with Crippen molar-refractivity contribution in [2.75, 3.05) is 51.3 Å². The number of nitrogens with one attached hydrogen (secondary N) is 1. The second kappa shape index (κ2) is 6.06. The number of anilines is 2. The lowest BCUT2D eigenvalue weighted by molar-refractivity contribution is -0.384. The molecular weight excluding hydrogens is 258 g/mol. The normalized spacial score (nSPS) is 20.8. The number of hydrogen-bond acceptors (Lipinski definition) is 6. The first-order chi connectivity index (χ1) is 9.45. The predicted molar refractivity (Wildman–Crippen MR) is 79.9 cm³/mol. The standard InChI is InChI=1S/C13H21N5O2/c1-16-3-4-17(2)13(9-16)8-15-11-5-10(14)6-12(7-11)18(19)20/h5-7,13,15H,3-4,8-9,14H2,1-2H3. The molecule has 0 aliphatic carbocycles. The fraction of sp³-hybridized carbons (Fsp3) is 0.538. The molecule has 110 valence electrons. The summed E-state index contributed by atoms with van der Waals surface area (Å²) in [6, 6.07) is 4.99. The van der Waals surface area contributed by atoms with Gasteiger partial charge in [0.25, 0.3) is 5.69 Å². The van der Waals surface area contributed by atoms with E-state index in [9.17, 15) is 10.1 Å². The molecule has 2 rings (SSSR count). The molecule has 1 fully saturated rings. The highest BCUT2D eigenvalue weighted by atomic mass is 16.6. The minimum atomic E-state index is -0.429. The van der Waals surface area contributed by atoms with E-state index in [1.807, 2.05) is 0 Å². The van der Waals surface area contributed by atoms with Gasteiger partial charge in [-0.3, -0.25) is 15.0 Å². The maximum absolute atomic E-state index is 10.8. The highest BCUT2D eigenvalue weighted by Gasteiger charge is 2.21. The van der Waals surface area contributed by atoms with Gasteiger partial charge in [0.05, 0.1) is 4.92 Å². The molecule has 1 saturated heterocycles. The van der Waals surface area contributed by atoms with Gasteiger partial charge in [-0.1, -0.05) is 0 Å². The Morgan fingerprint density at radius 2 is 2.15 bits per heavy atom. The third-order valence-electron chi connectivity index (χ3n) is 3.67. The van der Waals surface area contributed by atoms with Gasteiger partial charge in [0, 0.05) is 55.7 Å². The molecule has 1 unspecified atom stereocenters. The molecule has 1 aliphatic heterocycles. The first-order valence-corrected chi connectivity index (χ1v) is 6.63. The molecule has 0 amide bonds. The molecule has 1 aromatic carbocycles. The lowest BCUT2D eigenvalue weighted by Crippen LogP contribution is -2.52. The van der Waals surface area contributed by atoms with Crippen LogP contribution in [0.15, 0.2) is 18.2 Å². The van der Waals surface area contributed by atoms with Crippen LogP contribution in [0.3, 0.4) is 0 Å². The van der Waals surface area contributed by atoms with E-state index in [1.165, 1.54) is 12.1 Å². The van der Waals surface area contributed by atoms with Gasteiger partial charge in [-0.15, -0.1) is 0 Å². The van der Waals surface area contributed by atoms with Crippen LogP contribution in [0.2, 0.25) is 0 Å². The van der Waals surface area contributed by atoms with Crippen molar-refractivity contribution in [1.29, 1.82) is 0 Å². The zero-order chi connectivity index (χ0) is 14.7. The minimum absolute atomic E-state index is 0.0154. The van der Waals surface area contributed by atoms with E-state index >= 15 is 0 Å². The number of nitrogens with two attached hydrogens (primary N) is 1. The minimum Gasteiger partial charge on any atom is -0.398 e. The van der Waals surface area contributed by atoms with Crippen LogP contribution in [0, 0.1) is 10.1 Å². The molecule has 0 spiro atoms. The number of nitro groups is 1. The van der Waals surface area contributed by atoms with Gasteiger partial charge >= 0.3 is 0 Å². The maximum atomic E-state index is 10.8. The van der Waals surface area contributed by atoms with Crippen molar-refractivity contribution in [2.45, 2.75) is 6.04 Å². The topological polar surface area (TPSA) is 87.7 Å². The van der Waals surface area contributed by atoms with E-state index in [4.69, 9.17) is 5.73 Å². The number of nitro benzene ring substituents is 1. The molecule has 1 atom stereocenters. The number of hydrogen-bond donors (Lipinski definition) is 2. The number of nitrogens with zero attached hydrogens (tertiary/aromatic N) is 3. The van der Waals surface area contributed by atoms with Crippen LogP contribution in [0.4, 0.5) is 17.1 Å². The second-order valence-electron chi connectivity index (χ2n) is 5.35. The van der Waals surface area contributed by atoms with Crippen molar-refractivity contribution < 1.29 is 4.92 Å². The van der Waals surface area contributed by atoms with Crippen LogP contribution in [0.25, 0.3) is 0 Å². The van der Waals surface area contributed by atoms with Gasteiger partial charge in [-0.2, -0.15) is 0 Å². The molecule has 0 bridgehead atoms. The highest BCUT2D eigenvalue weighted by Crippen LogP contribution is 2.22. The largest absolute Gasteiger partial charge is 0.398 e. The molecule has 0 radical (unpaired) electrons. The summed E-state index contributed by atoms with van der Waals surface area (Å²) in [5.41, 5.74) is 6.80. The van der Waals surface area contributed by atoms with Crippen LogP contribution < -0.4 is 11.1 Å². The molecule has 20 heavy (non-hydrogen) atoms. The van der Waals surface area contributed by atoms with Crippen LogP contribution in [0.5, 0.6) is 0 Å². The average Bonchev–Trinajstić information content (AvgIpc) is 2.39. The lowest BCUT2D eigenvalue weighted by Gasteiger charge is -2.37. The molecule has 0 saturated carbocycles. The second-order valence-corrected chi connectivity index (χ2v) is 5.35. The molecular formula is C13H21N5O2. The molecule has 1 aromatic rings. The number of non-ortho nitro benzene ring substituents is 1. The van der Waals surface area contributed by atoms with Crippen molar-refractivity contribution in [3.63, 3.8) is 0 Å². The summed E-state index contributed by atoms with van der Waals surface area (Å²) in [4.78, 5) is 15.0. The summed E-state index contributed by atoms with van der Waals surface area (Å²) in [7, 11) is 4.20. The van der Waals surface area contributed by atoms with Crippen LogP contribution >= 0.6 is 0 Å². The fourth-order valence-electron chi connectivity index (χ4n) is 2.40. The number of rotatable bonds is 4. The number of nitrogen functional groups attached to an aromatic ring is 1. The van der Waals surface area contributed by atoms with Gasteiger partial charge in [0.1, 0.15) is 0 Å². The summed E-state index contributed by atoms with van der Waals surface area (Å²) < 4.78 is 0. The zero-order valence-electron chi connectivity index (χ0n) is 11.9. The van der Waals surface area contributed by atoms with Gasteiger partial charge in [0.2, 0.25) is 0 Å². The predicted octanol–water partition coefficient (Wildman–Crippen LogP) is 0.835. The number of piperazine rings is 1. The van der Waals surface area contributed by atoms with Crippen molar-refractivity contribution >= 4 is 17.1 Å². The third-order valence-corrected chi connectivity index (χ3v) is 3.67. The Bertz CT molecular complexity index is 494. The molecule has 0 aromatic heterocycles. The van der Waals surface area contributed by atoms with Crippen LogP contribution in [-0.2, 0) is 0 Å². The van der Waals surface area contributed by atoms with Crippen molar-refractivity contribution in [3.05, 3.63) is 28.3 Å². The van der Waals surface area contributed by atoms with Crippen LogP contribution in [0.1, 0.15) is 0 Å². The Balaban J connectivity index is 2.01. The molecule has 7 heteroatoms. The molecule has 1 aliphatic rings. The van der Waals surface area contributed by atoms with E-state index < -0.39 is 4.92 Å². The Morgan fingerprint density at radius 1 is 1.40 bits per heavy atom. The summed E-state index contributed by atoms with van der Waals surface area (Å²) in [6.45, 7) is 3.81. The van der Waals surface area contributed by atoms with E-state index in [-0.39, 0.29) is 5.69 Å². The quantitative estimate of drug-likeness (QED) is 0.482. The van der Waals surface area contributed by atoms with E-state index in [1.54, 1.807) is 6.07 Å². The SMILES string of the molecule is CN1CCN(C)C(CNc2cc(N)cc([N+](=O)[O-])c2)C1. The summed E-state index contributed by atoms with van der Waals surface area (Å²) in [5.74, 6) is 0. The Kier molecular flexibility index (Phi) is 4.41. The van der Waals surface area contributed by atoms with Crippen LogP contribution in [-0.4, -0.2) is 61.0 Å². The number of benzene rings is 1. The summed E-state index contributed by atoms with van der Waals surface area (Å²) in [5, 5.41) is 14.1. The van der Waals surface area contributed by atoms with E-state index in [0.717, 1.165) is 26.2 Å². The van der Waals surface area contributed by atoms with Crippen molar-refractivity contribution in [1.82, 2.24) is 9.80 Å². The Morgan fingerprint density at radius 3 is 2.85 bits per heavy atom. The van der Waals surface area contributed by atoms with Gasteiger partial charge in [-0.05, 0) is 20.2 Å². The monoisotopic (exact) mass is 279 g/mol. The first-order valence-electron chi connectivity index (χ1n) is 6.63. The fourth-order valence-corrected chi connectivity index (χ4v) is 2.40. The molecule has 7 nitrogen and oxygen atoms in total. The van der Waals surface area contributed by atoms with Crippen molar-refractivity contribution in [3.8, 4) is 0 Å². The highest BCUT2D eigenvalue weighted by molar-refractivity contribution is 5.61. The Hall–Kier alpha value is -1.86. The Labute approximate surface area is 118 Å². The van der Waals surface area contributed by atoms with E-state index in [0.29, 0.717) is 17.4 Å². The van der Waals surface area contributed by atoms with Gasteiger partial charge in [-0.25, -0.2) is 0 Å². The average molecular weight is 279 g/mol. The third kappa shape index (κ3) is 3.58. The molecule has 1 heterocycles. The smallest absolute Gasteiger partial charge is 0.273 e. The van der Waals surface area contributed by atoms with Gasteiger partial charge < -0.3 is 16.0 Å². The summed E-state index contributed by atoms with van der Waals surface area (Å²) >= 11 is 0.